The Morgan fingerprint density at radius 3 is 1.83 bits per heavy atom. The van der Waals surface area contributed by atoms with Crippen molar-refractivity contribution >= 4 is 19.7 Å². The average molecular weight is 300 g/mol. The van der Waals surface area contributed by atoms with Gasteiger partial charge in [0.25, 0.3) is 9.84 Å². The van der Waals surface area contributed by atoms with Gasteiger partial charge in [-0.05, 0) is 12.1 Å². The Morgan fingerprint density at radius 1 is 1.00 bits per heavy atom. The van der Waals surface area contributed by atoms with Crippen LogP contribution in [0, 0.1) is 0 Å². The van der Waals surface area contributed by atoms with E-state index in [1.165, 1.54) is 0 Å². The zero-order valence-corrected chi connectivity index (χ0v) is 10.3. The van der Waals surface area contributed by atoms with Gasteiger partial charge in [-0.25, -0.2) is 16.8 Å². The third-order valence-corrected chi connectivity index (χ3v) is 5.05. The fourth-order valence-corrected chi connectivity index (χ4v) is 3.44. The minimum Gasteiger partial charge on any atom is -0.219 e. The first-order chi connectivity index (χ1) is 8.04. The Morgan fingerprint density at radius 2 is 1.44 bits per heavy atom. The van der Waals surface area contributed by atoms with E-state index in [0.29, 0.717) is 11.5 Å². The highest BCUT2D eigenvalue weighted by Gasteiger charge is 2.48. The monoisotopic (exact) mass is 300 g/mol. The van der Waals surface area contributed by atoms with Crippen LogP contribution in [0.2, 0.25) is 0 Å². The highest BCUT2D eigenvalue weighted by atomic mass is 32.2. The van der Waals surface area contributed by atoms with Crippen molar-refractivity contribution in [2.45, 2.75) is 15.3 Å². The predicted octanol–water partition coefficient (Wildman–Crippen LogP) is 1.90. The number of halogens is 3. The second-order valence-electron chi connectivity index (χ2n) is 3.11. The topological polar surface area (TPSA) is 68.3 Å². The van der Waals surface area contributed by atoms with E-state index in [1.807, 2.05) is 0 Å². The Bertz CT molecular complexity index is 672. The number of alkyl halides is 3. The smallest absolute Gasteiger partial charge is 0.219 e. The van der Waals surface area contributed by atoms with Crippen LogP contribution in [-0.4, -0.2) is 22.3 Å². The summed E-state index contributed by atoms with van der Waals surface area (Å²) in [5, 5.41) is 0.387. The van der Waals surface area contributed by atoms with Crippen molar-refractivity contribution in [3.05, 3.63) is 36.3 Å². The van der Waals surface area contributed by atoms with Crippen molar-refractivity contribution in [3.63, 3.8) is 0 Å². The SMILES string of the molecule is C=CS(=O)(=O)c1ccccc1S(=O)(=O)C(F)(F)F. The summed E-state index contributed by atoms with van der Waals surface area (Å²) >= 11 is 0. The minimum atomic E-state index is -5.73. The normalized spacial score (nSPS) is 13.3. The molecule has 1 aromatic carbocycles. The summed E-state index contributed by atoms with van der Waals surface area (Å²) in [7, 11) is -10.0. The first kappa shape index (κ1) is 14.7. The van der Waals surface area contributed by atoms with Gasteiger partial charge in [-0.1, -0.05) is 18.7 Å². The van der Waals surface area contributed by atoms with E-state index in [0.717, 1.165) is 18.2 Å². The van der Waals surface area contributed by atoms with Crippen LogP contribution in [0.25, 0.3) is 0 Å². The van der Waals surface area contributed by atoms with E-state index in [2.05, 4.69) is 6.58 Å². The van der Waals surface area contributed by atoms with E-state index in [4.69, 9.17) is 0 Å². The van der Waals surface area contributed by atoms with Crippen LogP contribution in [0.15, 0.2) is 46.0 Å². The highest BCUT2D eigenvalue weighted by Crippen LogP contribution is 2.34. The molecule has 0 saturated carbocycles. The molecule has 0 unspecified atom stereocenters. The highest BCUT2D eigenvalue weighted by molar-refractivity contribution is 7.96. The molecule has 0 heterocycles. The molecule has 1 rings (SSSR count). The summed E-state index contributed by atoms with van der Waals surface area (Å²) in [4.78, 5) is -2.25. The molecule has 0 atom stereocenters. The Hall–Kier alpha value is -1.35. The lowest BCUT2D eigenvalue weighted by molar-refractivity contribution is -0.0437. The number of sulfone groups is 2. The third kappa shape index (κ3) is 2.41. The Kier molecular flexibility index (Phi) is 3.59. The van der Waals surface area contributed by atoms with Crippen molar-refractivity contribution in [2.24, 2.45) is 0 Å². The van der Waals surface area contributed by atoms with Crippen molar-refractivity contribution in [2.75, 3.05) is 0 Å². The second-order valence-corrected chi connectivity index (χ2v) is 6.88. The molecule has 0 spiro atoms. The molecule has 0 N–H and O–H groups in total. The summed E-state index contributed by atoms with van der Waals surface area (Å²) in [5.74, 6) is 0. The van der Waals surface area contributed by atoms with Crippen LogP contribution < -0.4 is 0 Å². The van der Waals surface area contributed by atoms with Gasteiger partial charge in [0.1, 0.15) is 0 Å². The second kappa shape index (κ2) is 4.39. The van der Waals surface area contributed by atoms with Crippen molar-refractivity contribution in [3.8, 4) is 0 Å². The van der Waals surface area contributed by atoms with Gasteiger partial charge in [0.2, 0.25) is 9.84 Å². The van der Waals surface area contributed by atoms with Crippen LogP contribution in [0.3, 0.4) is 0 Å². The van der Waals surface area contributed by atoms with Gasteiger partial charge in [-0.3, -0.25) is 0 Å². The van der Waals surface area contributed by atoms with Crippen LogP contribution in [0.1, 0.15) is 0 Å². The van der Waals surface area contributed by atoms with Gasteiger partial charge < -0.3 is 0 Å². The lowest BCUT2D eigenvalue weighted by Crippen LogP contribution is -2.24. The summed E-state index contributed by atoms with van der Waals surface area (Å²) < 4.78 is 82.5. The van der Waals surface area contributed by atoms with E-state index >= 15 is 0 Å². The molecule has 0 aliphatic rings. The third-order valence-electron chi connectivity index (χ3n) is 1.97. The Balaban J connectivity index is 3.71. The standard InChI is InChI=1S/C9H7F3O4S2/c1-2-17(13,14)7-5-3-4-6-8(7)18(15,16)9(10,11)12/h2-6H,1H2. The average Bonchev–Trinajstić information content (AvgIpc) is 2.27. The van der Waals surface area contributed by atoms with E-state index in [9.17, 15) is 30.0 Å². The van der Waals surface area contributed by atoms with Crippen molar-refractivity contribution < 1.29 is 30.0 Å². The maximum Gasteiger partial charge on any atom is 0.501 e. The lowest BCUT2D eigenvalue weighted by Gasteiger charge is -2.11. The summed E-state index contributed by atoms with van der Waals surface area (Å²) in [6, 6.07) is 3.47. The maximum absolute atomic E-state index is 12.4. The van der Waals surface area contributed by atoms with Gasteiger partial charge in [0, 0.05) is 5.41 Å². The van der Waals surface area contributed by atoms with E-state index in [-0.39, 0.29) is 0 Å². The molecule has 1 aromatic rings. The molecule has 18 heavy (non-hydrogen) atoms. The van der Waals surface area contributed by atoms with Gasteiger partial charge in [0.05, 0.1) is 9.79 Å². The zero-order valence-electron chi connectivity index (χ0n) is 8.68. The van der Waals surface area contributed by atoms with Crippen molar-refractivity contribution in [1.29, 1.82) is 0 Å². The molecule has 0 radical (unpaired) electrons. The zero-order chi connectivity index (χ0) is 14.2. The molecule has 0 saturated heterocycles. The first-order valence-electron chi connectivity index (χ1n) is 4.32. The predicted molar refractivity (Wildman–Crippen MR) is 57.1 cm³/mol. The first-order valence-corrected chi connectivity index (χ1v) is 7.35. The molecule has 0 aliphatic carbocycles. The minimum absolute atomic E-state index is 0.387. The summed E-state index contributed by atoms with van der Waals surface area (Å²) in [5.41, 5.74) is -5.57. The maximum atomic E-state index is 12.4. The number of rotatable bonds is 3. The van der Waals surface area contributed by atoms with Crippen molar-refractivity contribution in [1.82, 2.24) is 0 Å². The molecule has 4 nitrogen and oxygen atoms in total. The van der Waals surface area contributed by atoms with E-state index < -0.39 is 35.0 Å². The fourth-order valence-electron chi connectivity index (χ4n) is 1.12. The number of hydrogen-bond acceptors (Lipinski definition) is 4. The van der Waals surface area contributed by atoms with Crippen LogP contribution >= 0.6 is 0 Å². The molecule has 100 valence electrons. The number of benzene rings is 1. The molecule has 0 amide bonds. The Labute approximate surface area is 102 Å². The summed E-state index contributed by atoms with van der Waals surface area (Å²) in [6.45, 7) is 2.93. The molecular weight excluding hydrogens is 293 g/mol. The van der Waals surface area contributed by atoms with Gasteiger partial charge in [0.15, 0.2) is 0 Å². The quantitative estimate of drug-likeness (QED) is 0.855. The molecule has 0 bridgehead atoms. The molecule has 9 heteroatoms. The molecule has 0 fully saturated rings. The van der Waals surface area contributed by atoms with Gasteiger partial charge in [-0.15, -0.1) is 0 Å². The number of hydrogen-bond donors (Lipinski definition) is 0. The summed E-state index contributed by atoms with van der Waals surface area (Å²) in [6.07, 6.45) is 0. The van der Waals surface area contributed by atoms with E-state index in [1.54, 1.807) is 0 Å². The molecule has 0 aromatic heterocycles. The van der Waals surface area contributed by atoms with Gasteiger partial charge in [-0.2, -0.15) is 13.2 Å². The largest absolute Gasteiger partial charge is 0.501 e. The fraction of sp³-hybridized carbons (Fsp3) is 0.111. The molecule has 0 aliphatic heterocycles. The van der Waals surface area contributed by atoms with Crippen LogP contribution in [-0.2, 0) is 19.7 Å². The van der Waals surface area contributed by atoms with Crippen LogP contribution in [0.4, 0.5) is 13.2 Å². The van der Waals surface area contributed by atoms with Crippen LogP contribution in [0.5, 0.6) is 0 Å². The lowest BCUT2D eigenvalue weighted by atomic mass is 10.4. The van der Waals surface area contributed by atoms with Gasteiger partial charge >= 0.3 is 5.51 Å². The molecular formula is C9H7F3O4S2.